The van der Waals surface area contributed by atoms with Crippen molar-refractivity contribution in [3.8, 4) is 11.5 Å². The van der Waals surface area contributed by atoms with Crippen molar-refractivity contribution in [3.05, 3.63) is 60.7 Å². The average Bonchev–Trinajstić information content (AvgIpc) is 3.63. The number of epoxide rings is 2. The molecule has 8 heteroatoms. The maximum Gasteiger partial charge on any atom is 0.155 e. The Kier molecular flexibility index (Phi) is 12.8. The Morgan fingerprint density at radius 1 is 0.800 bits per heavy atom. The molecule has 4 rings (SSSR count). The van der Waals surface area contributed by atoms with E-state index in [0.29, 0.717) is 24.7 Å². The fraction of sp³-hybridized carbons (Fsp3) is 0.455. The van der Waals surface area contributed by atoms with Gasteiger partial charge in [0.05, 0.1) is 36.9 Å². The van der Waals surface area contributed by atoms with Gasteiger partial charge in [-0.1, -0.05) is 36.4 Å². The molecule has 0 saturated carbocycles. The van der Waals surface area contributed by atoms with Crippen LogP contribution >= 0.6 is 0 Å². The third kappa shape index (κ3) is 15.8. The van der Waals surface area contributed by atoms with Crippen LogP contribution in [0.25, 0.3) is 0 Å². The Morgan fingerprint density at radius 2 is 1.13 bits per heavy atom. The molecule has 0 aliphatic carbocycles. The Morgan fingerprint density at radius 3 is 1.30 bits per heavy atom. The summed E-state index contributed by atoms with van der Waals surface area (Å²) in [5.41, 5.74) is 0. The number of rotatable bonds is 6. The van der Waals surface area contributed by atoms with Gasteiger partial charge in [0.15, 0.2) is 9.84 Å². The SMILES string of the molecule is CCOCC.O=S(=O)(CC1CO1)CC1CO1.Oc1ccccc1.Oc1ccccc1. The first-order valence-corrected chi connectivity index (χ1v) is 11.7. The quantitative estimate of drug-likeness (QED) is 0.665. The number of hydrogen-bond donors (Lipinski definition) is 2. The highest BCUT2D eigenvalue weighted by Crippen LogP contribution is 2.17. The molecule has 0 amide bonds. The van der Waals surface area contributed by atoms with Crippen LogP contribution in [0.5, 0.6) is 11.5 Å². The minimum atomic E-state index is -2.91. The van der Waals surface area contributed by atoms with E-state index in [1.54, 1.807) is 48.5 Å². The van der Waals surface area contributed by atoms with Gasteiger partial charge in [0.25, 0.3) is 0 Å². The second kappa shape index (κ2) is 14.8. The van der Waals surface area contributed by atoms with Crippen LogP contribution in [-0.2, 0) is 24.0 Å². The van der Waals surface area contributed by atoms with Gasteiger partial charge < -0.3 is 24.4 Å². The van der Waals surface area contributed by atoms with E-state index in [4.69, 9.17) is 24.4 Å². The molecule has 2 heterocycles. The summed E-state index contributed by atoms with van der Waals surface area (Å²) in [6.45, 7) is 6.87. The second-order valence-corrected chi connectivity index (χ2v) is 8.59. The fourth-order valence-electron chi connectivity index (χ4n) is 2.02. The van der Waals surface area contributed by atoms with E-state index >= 15 is 0 Å². The summed E-state index contributed by atoms with van der Waals surface area (Å²) < 4.78 is 36.8. The van der Waals surface area contributed by atoms with E-state index < -0.39 is 9.84 Å². The summed E-state index contributed by atoms with van der Waals surface area (Å²) in [7, 11) is -2.91. The lowest BCUT2D eigenvalue weighted by Gasteiger charge is -1.96. The molecule has 2 unspecified atom stereocenters. The highest BCUT2D eigenvalue weighted by atomic mass is 32.2. The van der Waals surface area contributed by atoms with Gasteiger partial charge in [-0.25, -0.2) is 8.42 Å². The molecule has 2 N–H and O–H groups in total. The molecule has 2 fully saturated rings. The summed E-state index contributed by atoms with van der Waals surface area (Å²) in [5, 5.41) is 17.3. The van der Waals surface area contributed by atoms with Crippen LogP contribution < -0.4 is 0 Å². The maximum absolute atomic E-state index is 11.2. The van der Waals surface area contributed by atoms with Crippen LogP contribution in [0.15, 0.2) is 60.7 Å². The van der Waals surface area contributed by atoms with Gasteiger partial charge >= 0.3 is 0 Å². The molecule has 168 valence electrons. The average molecular weight is 441 g/mol. The third-order valence-electron chi connectivity index (χ3n) is 3.61. The number of hydrogen-bond acceptors (Lipinski definition) is 7. The number of sulfone groups is 1. The zero-order chi connectivity index (χ0) is 22.2. The number of benzene rings is 2. The molecule has 2 aromatic carbocycles. The van der Waals surface area contributed by atoms with Gasteiger partial charge in [0.1, 0.15) is 11.5 Å². The molecule has 2 aromatic rings. The predicted octanol–water partition coefficient (Wildman–Crippen LogP) is 3.03. The zero-order valence-corrected chi connectivity index (χ0v) is 18.3. The summed E-state index contributed by atoms with van der Waals surface area (Å²) in [6, 6.07) is 17.4. The molecule has 2 atom stereocenters. The standard InChI is InChI=1S/C6H10O4S.2C6H6O.C4H10O/c7-11(8,3-5-1-9-5)4-6-2-10-6;2*7-6-4-2-1-3-5-6;1-3-5-4-2/h5-6H,1-4H2;2*1-5,7H;3-4H2,1-2H3. The topological polar surface area (TPSA) is 109 Å². The van der Waals surface area contributed by atoms with Crippen molar-refractivity contribution in [2.24, 2.45) is 0 Å². The van der Waals surface area contributed by atoms with Gasteiger partial charge in [-0.2, -0.15) is 0 Å². The molecule has 2 saturated heterocycles. The van der Waals surface area contributed by atoms with Crippen LogP contribution in [-0.4, -0.2) is 68.8 Å². The van der Waals surface area contributed by atoms with Crippen molar-refractivity contribution in [3.63, 3.8) is 0 Å². The monoisotopic (exact) mass is 440 g/mol. The van der Waals surface area contributed by atoms with Crippen LogP contribution in [0.2, 0.25) is 0 Å². The van der Waals surface area contributed by atoms with Gasteiger partial charge in [0, 0.05) is 13.2 Å². The molecule has 0 aromatic heterocycles. The summed E-state index contributed by atoms with van der Waals surface area (Å²) in [5.74, 6) is 0.990. The van der Waals surface area contributed by atoms with Crippen molar-refractivity contribution in [1.29, 1.82) is 0 Å². The number of para-hydroxylation sites is 2. The minimum Gasteiger partial charge on any atom is -0.508 e. The maximum atomic E-state index is 11.2. The molecule has 0 radical (unpaired) electrons. The third-order valence-corrected chi connectivity index (χ3v) is 5.36. The zero-order valence-electron chi connectivity index (χ0n) is 17.5. The second-order valence-electron chi connectivity index (χ2n) is 6.44. The van der Waals surface area contributed by atoms with Gasteiger partial charge in [-0.3, -0.25) is 0 Å². The number of phenols is 2. The highest BCUT2D eigenvalue weighted by molar-refractivity contribution is 7.91. The summed E-state index contributed by atoms with van der Waals surface area (Å²) >= 11 is 0. The van der Waals surface area contributed by atoms with Crippen molar-refractivity contribution in [1.82, 2.24) is 0 Å². The molecule has 0 bridgehead atoms. The highest BCUT2D eigenvalue weighted by Gasteiger charge is 2.34. The molecular weight excluding hydrogens is 408 g/mol. The van der Waals surface area contributed by atoms with E-state index in [0.717, 1.165) is 13.2 Å². The van der Waals surface area contributed by atoms with E-state index in [1.807, 2.05) is 26.0 Å². The minimum absolute atomic E-state index is 0.0289. The van der Waals surface area contributed by atoms with E-state index in [-0.39, 0.29) is 23.7 Å². The van der Waals surface area contributed by atoms with Crippen LogP contribution in [0.3, 0.4) is 0 Å². The largest absolute Gasteiger partial charge is 0.508 e. The van der Waals surface area contributed by atoms with Crippen molar-refractivity contribution >= 4 is 9.84 Å². The lowest BCUT2D eigenvalue weighted by atomic mass is 10.3. The normalized spacial score (nSPS) is 18.3. The van der Waals surface area contributed by atoms with E-state index in [2.05, 4.69) is 0 Å². The molecule has 2 aliphatic heterocycles. The number of ether oxygens (including phenoxy) is 3. The summed E-state index contributed by atoms with van der Waals surface area (Å²) in [6.07, 6.45) is -0.0579. The Hall–Kier alpha value is -2.13. The summed E-state index contributed by atoms with van der Waals surface area (Å²) in [4.78, 5) is 0. The smallest absolute Gasteiger partial charge is 0.155 e. The van der Waals surface area contributed by atoms with Gasteiger partial charge in [-0.15, -0.1) is 0 Å². The number of phenolic OH excluding ortho intramolecular Hbond substituents is 2. The molecule has 30 heavy (non-hydrogen) atoms. The van der Waals surface area contributed by atoms with Gasteiger partial charge in [0.2, 0.25) is 0 Å². The first kappa shape index (κ1) is 25.9. The van der Waals surface area contributed by atoms with Crippen molar-refractivity contribution < 1.29 is 32.8 Å². The van der Waals surface area contributed by atoms with E-state index in [1.165, 1.54) is 0 Å². The molecule has 7 nitrogen and oxygen atoms in total. The predicted molar refractivity (Wildman–Crippen MR) is 117 cm³/mol. The molecule has 0 spiro atoms. The lowest BCUT2D eigenvalue weighted by molar-refractivity contribution is 0.162. The van der Waals surface area contributed by atoms with Crippen LogP contribution in [0.1, 0.15) is 13.8 Å². The Balaban J connectivity index is 0.000000210. The van der Waals surface area contributed by atoms with Crippen molar-refractivity contribution in [2.75, 3.05) is 37.9 Å². The van der Waals surface area contributed by atoms with E-state index in [9.17, 15) is 8.42 Å². The first-order chi connectivity index (χ1) is 14.4. The molecular formula is C22H32O7S. The fourth-order valence-corrected chi connectivity index (χ4v) is 3.68. The van der Waals surface area contributed by atoms with Crippen LogP contribution in [0.4, 0.5) is 0 Å². The Labute approximate surface area is 179 Å². The van der Waals surface area contributed by atoms with Gasteiger partial charge in [-0.05, 0) is 38.1 Å². The lowest BCUT2D eigenvalue weighted by Crippen LogP contribution is -2.18. The number of aromatic hydroxyl groups is 2. The Bertz CT molecular complexity index is 699. The van der Waals surface area contributed by atoms with Crippen LogP contribution in [0, 0.1) is 0 Å². The van der Waals surface area contributed by atoms with Crippen molar-refractivity contribution in [2.45, 2.75) is 26.1 Å². The first-order valence-electron chi connectivity index (χ1n) is 9.85. The molecule has 2 aliphatic rings.